The summed E-state index contributed by atoms with van der Waals surface area (Å²) in [4.78, 5) is 25.2. The zero-order chi connectivity index (χ0) is 21.6. The lowest BCUT2D eigenvalue weighted by atomic mass is 10.0. The van der Waals surface area contributed by atoms with Crippen LogP contribution in [0.4, 0.5) is 0 Å². The molecule has 0 aliphatic heterocycles. The number of carbonyl (C=O) groups is 2. The first-order valence-corrected chi connectivity index (χ1v) is 11.9. The number of thioether (sulfide) groups is 1. The van der Waals surface area contributed by atoms with Crippen LogP contribution in [0, 0.1) is 0 Å². The molecular formula is C25H28N2O3S. The summed E-state index contributed by atoms with van der Waals surface area (Å²) < 4.78 is 5.95. The van der Waals surface area contributed by atoms with E-state index in [4.69, 9.17) is 10.2 Å². The fourth-order valence-electron chi connectivity index (χ4n) is 4.15. The number of carbonyl (C=O) groups excluding carboxylic acids is 2. The fraction of sp³-hybridized carbons (Fsp3) is 0.360. The van der Waals surface area contributed by atoms with Gasteiger partial charge >= 0.3 is 0 Å². The molecule has 3 N–H and O–H groups in total. The summed E-state index contributed by atoms with van der Waals surface area (Å²) >= 11 is 1.90. The standard InChI is InChI=1S/C25H28N2O3S/c26-24(28)21(15-17-9-3-1-4-10-17)27-25(29)23-20(16-31-18-11-5-2-6-12-18)19-13-7-8-14-22(19)30-23/h1,3-4,7-10,13-14,18,21H,2,5-6,11-12,15-16H2,(H2,26,28)(H,27,29). The maximum absolute atomic E-state index is 13.2. The first kappa shape index (κ1) is 21.5. The molecule has 1 unspecified atom stereocenters. The van der Waals surface area contributed by atoms with Crippen LogP contribution in [0.15, 0.2) is 59.0 Å². The largest absolute Gasteiger partial charge is 0.451 e. The average molecular weight is 437 g/mol. The molecule has 2 aromatic carbocycles. The Kier molecular flexibility index (Phi) is 6.97. The summed E-state index contributed by atoms with van der Waals surface area (Å²) in [6, 6.07) is 16.4. The second kappa shape index (κ2) is 10.1. The fourth-order valence-corrected chi connectivity index (χ4v) is 5.51. The van der Waals surface area contributed by atoms with E-state index in [9.17, 15) is 9.59 Å². The lowest BCUT2D eigenvalue weighted by molar-refractivity contribution is -0.119. The summed E-state index contributed by atoms with van der Waals surface area (Å²) in [5.74, 6) is 0.0371. The number of nitrogens with one attached hydrogen (secondary N) is 1. The summed E-state index contributed by atoms with van der Waals surface area (Å²) in [6.07, 6.45) is 6.66. The molecule has 1 saturated carbocycles. The number of nitrogens with two attached hydrogens (primary N) is 1. The molecule has 3 aromatic rings. The highest BCUT2D eigenvalue weighted by molar-refractivity contribution is 7.99. The van der Waals surface area contributed by atoms with Gasteiger partial charge in [0.25, 0.3) is 5.91 Å². The van der Waals surface area contributed by atoms with Crippen LogP contribution in [0.25, 0.3) is 11.0 Å². The number of rotatable bonds is 8. The van der Waals surface area contributed by atoms with Gasteiger partial charge in [0.15, 0.2) is 5.76 Å². The topological polar surface area (TPSA) is 85.3 Å². The minimum absolute atomic E-state index is 0.281. The Balaban J connectivity index is 1.55. The number of hydrogen-bond acceptors (Lipinski definition) is 4. The Morgan fingerprint density at radius 3 is 2.48 bits per heavy atom. The summed E-state index contributed by atoms with van der Waals surface area (Å²) in [5, 5.41) is 4.38. The highest BCUT2D eigenvalue weighted by atomic mass is 32.2. The average Bonchev–Trinajstić information content (AvgIpc) is 3.17. The Bertz CT molecular complexity index is 1040. The van der Waals surface area contributed by atoms with Crippen molar-refractivity contribution in [1.82, 2.24) is 5.32 Å². The van der Waals surface area contributed by atoms with E-state index in [1.807, 2.05) is 66.4 Å². The van der Waals surface area contributed by atoms with E-state index < -0.39 is 17.9 Å². The second-order valence-corrected chi connectivity index (χ2v) is 9.38. The molecule has 5 nitrogen and oxygen atoms in total. The monoisotopic (exact) mass is 436 g/mol. The van der Waals surface area contributed by atoms with E-state index in [2.05, 4.69) is 5.32 Å². The SMILES string of the molecule is NC(=O)C(Cc1ccccc1)NC(=O)c1oc2ccccc2c1CSC1CCCCC1. The highest BCUT2D eigenvalue weighted by Gasteiger charge is 2.26. The van der Waals surface area contributed by atoms with E-state index in [0.717, 1.165) is 16.5 Å². The van der Waals surface area contributed by atoms with Crippen molar-refractivity contribution in [3.8, 4) is 0 Å². The first-order chi connectivity index (χ1) is 15.1. The molecule has 6 heteroatoms. The van der Waals surface area contributed by atoms with Crippen LogP contribution < -0.4 is 11.1 Å². The van der Waals surface area contributed by atoms with Gasteiger partial charge in [-0.05, 0) is 24.5 Å². The lowest BCUT2D eigenvalue weighted by Crippen LogP contribution is -2.46. The van der Waals surface area contributed by atoms with Crippen LogP contribution in [0.5, 0.6) is 0 Å². The molecule has 0 saturated heterocycles. The molecule has 1 aliphatic carbocycles. The molecule has 0 bridgehead atoms. The molecule has 0 spiro atoms. The number of fused-ring (bicyclic) bond motifs is 1. The molecule has 1 atom stereocenters. The third kappa shape index (κ3) is 5.31. The van der Waals surface area contributed by atoms with Crippen LogP contribution in [-0.2, 0) is 17.0 Å². The minimum Gasteiger partial charge on any atom is -0.451 e. The normalized spacial score (nSPS) is 15.6. The van der Waals surface area contributed by atoms with E-state index in [1.165, 1.54) is 32.1 Å². The Labute approximate surface area is 186 Å². The third-order valence-corrected chi connectivity index (χ3v) is 7.25. The lowest BCUT2D eigenvalue weighted by Gasteiger charge is -2.21. The van der Waals surface area contributed by atoms with Crippen LogP contribution >= 0.6 is 11.8 Å². The minimum atomic E-state index is -0.804. The van der Waals surface area contributed by atoms with Gasteiger partial charge < -0.3 is 15.5 Å². The van der Waals surface area contributed by atoms with Gasteiger partial charge in [0, 0.05) is 28.4 Å². The van der Waals surface area contributed by atoms with Gasteiger partial charge in [-0.3, -0.25) is 9.59 Å². The molecule has 4 rings (SSSR count). The number of furan rings is 1. The Hall–Kier alpha value is -2.73. The summed E-state index contributed by atoms with van der Waals surface area (Å²) in [7, 11) is 0. The number of benzene rings is 2. The van der Waals surface area contributed by atoms with Crippen molar-refractivity contribution in [3.05, 3.63) is 71.5 Å². The molecule has 1 aliphatic rings. The molecule has 162 valence electrons. The van der Waals surface area contributed by atoms with Crippen molar-refractivity contribution in [2.75, 3.05) is 0 Å². The van der Waals surface area contributed by atoms with Crippen LogP contribution in [0.1, 0.15) is 53.8 Å². The maximum Gasteiger partial charge on any atom is 0.288 e. The van der Waals surface area contributed by atoms with Crippen molar-refractivity contribution in [2.45, 2.75) is 55.6 Å². The van der Waals surface area contributed by atoms with Crippen molar-refractivity contribution in [2.24, 2.45) is 5.73 Å². The zero-order valence-corrected chi connectivity index (χ0v) is 18.3. The molecule has 1 heterocycles. The quantitative estimate of drug-likeness (QED) is 0.530. The molecule has 1 aromatic heterocycles. The first-order valence-electron chi connectivity index (χ1n) is 10.9. The summed E-state index contributed by atoms with van der Waals surface area (Å²) in [6.45, 7) is 0. The number of para-hydroxylation sites is 1. The van der Waals surface area contributed by atoms with Gasteiger partial charge in [-0.25, -0.2) is 0 Å². The summed E-state index contributed by atoms with van der Waals surface area (Å²) in [5.41, 5.74) is 8.11. The molecular weight excluding hydrogens is 408 g/mol. The predicted octanol–water partition coefficient (Wildman–Crippen LogP) is 4.83. The molecule has 31 heavy (non-hydrogen) atoms. The third-order valence-electron chi connectivity index (χ3n) is 5.85. The smallest absolute Gasteiger partial charge is 0.288 e. The van der Waals surface area contributed by atoms with Gasteiger partial charge in [-0.1, -0.05) is 67.8 Å². The van der Waals surface area contributed by atoms with Crippen LogP contribution in [0.3, 0.4) is 0 Å². The van der Waals surface area contributed by atoms with Crippen molar-refractivity contribution in [3.63, 3.8) is 0 Å². The number of amides is 2. The highest BCUT2D eigenvalue weighted by Crippen LogP contribution is 2.35. The molecule has 1 fully saturated rings. The predicted molar refractivity (Wildman–Crippen MR) is 125 cm³/mol. The van der Waals surface area contributed by atoms with E-state index in [1.54, 1.807) is 0 Å². The Morgan fingerprint density at radius 1 is 1.03 bits per heavy atom. The molecule has 2 amide bonds. The molecule has 0 radical (unpaired) electrons. The van der Waals surface area contributed by atoms with Gasteiger partial charge in [0.05, 0.1) is 0 Å². The van der Waals surface area contributed by atoms with Crippen molar-refractivity contribution >= 4 is 34.5 Å². The van der Waals surface area contributed by atoms with E-state index in [0.29, 0.717) is 23.0 Å². The van der Waals surface area contributed by atoms with Gasteiger partial charge in [-0.2, -0.15) is 11.8 Å². The number of hydrogen-bond donors (Lipinski definition) is 2. The van der Waals surface area contributed by atoms with Crippen LogP contribution in [0.2, 0.25) is 0 Å². The number of primary amides is 1. The van der Waals surface area contributed by atoms with Crippen LogP contribution in [-0.4, -0.2) is 23.1 Å². The van der Waals surface area contributed by atoms with Crippen molar-refractivity contribution in [1.29, 1.82) is 0 Å². The maximum atomic E-state index is 13.2. The van der Waals surface area contributed by atoms with Crippen molar-refractivity contribution < 1.29 is 14.0 Å². The van der Waals surface area contributed by atoms with Gasteiger partial charge in [0.1, 0.15) is 11.6 Å². The van der Waals surface area contributed by atoms with E-state index >= 15 is 0 Å². The van der Waals surface area contributed by atoms with E-state index in [-0.39, 0.29) is 5.76 Å². The second-order valence-electron chi connectivity index (χ2n) is 8.10. The Morgan fingerprint density at radius 2 is 1.74 bits per heavy atom. The zero-order valence-electron chi connectivity index (χ0n) is 17.5. The van der Waals surface area contributed by atoms with Gasteiger partial charge in [0.2, 0.25) is 5.91 Å². The van der Waals surface area contributed by atoms with Gasteiger partial charge in [-0.15, -0.1) is 0 Å².